The average molecular weight is 302 g/mol. The van der Waals surface area contributed by atoms with Crippen LogP contribution in [-0.4, -0.2) is 45.7 Å². The van der Waals surface area contributed by atoms with E-state index in [0.717, 1.165) is 37.5 Å². The molecule has 1 unspecified atom stereocenters. The van der Waals surface area contributed by atoms with Crippen molar-refractivity contribution >= 4 is 5.82 Å². The van der Waals surface area contributed by atoms with Crippen LogP contribution in [0.25, 0.3) is 0 Å². The molecule has 0 radical (unpaired) electrons. The summed E-state index contributed by atoms with van der Waals surface area (Å²) in [4.78, 5) is 10.4. The first-order valence-electron chi connectivity index (χ1n) is 7.70. The van der Waals surface area contributed by atoms with Gasteiger partial charge in [0.15, 0.2) is 0 Å². The number of hydrogen-bond acceptors (Lipinski definition) is 6. The molecule has 0 spiro atoms. The van der Waals surface area contributed by atoms with Crippen LogP contribution in [0.4, 0.5) is 5.82 Å². The molecular weight excluding hydrogens is 280 g/mol. The van der Waals surface area contributed by atoms with Crippen molar-refractivity contribution in [3.05, 3.63) is 42.2 Å². The molecule has 1 atom stereocenters. The Balaban J connectivity index is 1.45. The van der Waals surface area contributed by atoms with Crippen LogP contribution in [0.1, 0.15) is 30.5 Å². The first-order valence-corrected chi connectivity index (χ1v) is 7.70. The minimum absolute atomic E-state index is 0.425. The molecule has 22 heavy (non-hydrogen) atoms. The summed E-state index contributed by atoms with van der Waals surface area (Å²) in [6.07, 6.45) is 4.81. The average Bonchev–Trinajstić information content (AvgIpc) is 2.97. The summed E-state index contributed by atoms with van der Waals surface area (Å²) < 4.78 is 5.48. The second-order valence-corrected chi connectivity index (χ2v) is 5.78. The topological polar surface area (TPSA) is 74.4 Å². The lowest BCUT2D eigenvalue weighted by atomic mass is 10.0. The summed E-state index contributed by atoms with van der Waals surface area (Å²) in [6, 6.07) is 6.05. The van der Waals surface area contributed by atoms with Crippen LogP contribution in [0.5, 0.6) is 0 Å². The van der Waals surface area contributed by atoms with Gasteiger partial charge in [0.1, 0.15) is 29.8 Å². The van der Waals surface area contributed by atoms with Gasteiger partial charge in [-0.1, -0.05) is 0 Å². The zero-order valence-electron chi connectivity index (χ0n) is 12.8. The Hall–Kier alpha value is -1.92. The maximum atomic E-state index is 10.2. The van der Waals surface area contributed by atoms with E-state index >= 15 is 0 Å². The van der Waals surface area contributed by atoms with Gasteiger partial charge in [-0.05, 0) is 38.0 Å². The maximum absolute atomic E-state index is 10.2. The molecule has 0 aromatic carbocycles. The highest BCUT2D eigenvalue weighted by atomic mass is 16.4. The predicted molar refractivity (Wildman–Crippen MR) is 83.5 cm³/mol. The lowest BCUT2D eigenvalue weighted by Crippen LogP contribution is -2.41. The van der Waals surface area contributed by atoms with Gasteiger partial charge < -0.3 is 19.7 Å². The van der Waals surface area contributed by atoms with Gasteiger partial charge in [-0.15, -0.1) is 0 Å². The summed E-state index contributed by atoms with van der Waals surface area (Å²) in [6.45, 7) is 4.42. The number of nitrogens with zero attached hydrogens (tertiary/aromatic N) is 3. The van der Waals surface area contributed by atoms with Crippen molar-refractivity contribution in [2.75, 3.05) is 25.0 Å². The third-order valence-corrected chi connectivity index (χ3v) is 4.04. The smallest absolute Gasteiger partial charge is 0.133 e. The Bertz CT molecular complexity index is 579. The number of piperidine rings is 1. The second kappa shape index (κ2) is 6.89. The Labute approximate surface area is 130 Å². The van der Waals surface area contributed by atoms with E-state index in [1.807, 2.05) is 25.1 Å². The standard InChI is InChI=1S/C16H22N4O2/c1-12-2-3-15(22-12)14(21)10-20-8-5-13(6-9-20)19-16-4-7-17-11-18-16/h2-4,7,11,13-14,21H,5-6,8-10H2,1H3,(H,17,18,19). The number of aromatic nitrogens is 2. The van der Waals surface area contributed by atoms with Gasteiger partial charge in [0.05, 0.1) is 0 Å². The van der Waals surface area contributed by atoms with E-state index in [1.165, 1.54) is 0 Å². The minimum atomic E-state index is -0.555. The van der Waals surface area contributed by atoms with E-state index in [9.17, 15) is 5.11 Å². The molecular formula is C16H22N4O2. The molecule has 1 fully saturated rings. The van der Waals surface area contributed by atoms with Gasteiger partial charge in [0, 0.05) is 31.9 Å². The van der Waals surface area contributed by atoms with Crippen molar-refractivity contribution < 1.29 is 9.52 Å². The van der Waals surface area contributed by atoms with Crippen molar-refractivity contribution in [1.82, 2.24) is 14.9 Å². The van der Waals surface area contributed by atoms with E-state index in [0.29, 0.717) is 18.3 Å². The third-order valence-electron chi connectivity index (χ3n) is 4.04. The highest BCUT2D eigenvalue weighted by Gasteiger charge is 2.22. The molecule has 0 bridgehead atoms. The summed E-state index contributed by atoms with van der Waals surface area (Å²) in [5.74, 6) is 2.36. The molecule has 1 aliphatic rings. The van der Waals surface area contributed by atoms with Gasteiger partial charge >= 0.3 is 0 Å². The largest absolute Gasteiger partial charge is 0.464 e. The summed E-state index contributed by atoms with van der Waals surface area (Å²) in [5, 5.41) is 13.7. The van der Waals surface area contributed by atoms with Crippen LogP contribution in [0, 0.1) is 6.92 Å². The Kier molecular flexibility index (Phi) is 4.70. The molecule has 2 aromatic heterocycles. The van der Waals surface area contributed by atoms with E-state index in [4.69, 9.17) is 4.42 Å². The lowest BCUT2D eigenvalue weighted by molar-refractivity contribution is 0.0825. The minimum Gasteiger partial charge on any atom is -0.464 e. The number of rotatable bonds is 5. The Morgan fingerprint density at radius 3 is 2.82 bits per heavy atom. The number of aliphatic hydroxyl groups is 1. The molecule has 1 saturated heterocycles. The molecule has 2 aromatic rings. The van der Waals surface area contributed by atoms with Crippen LogP contribution in [0.2, 0.25) is 0 Å². The first kappa shape index (κ1) is 15.0. The van der Waals surface area contributed by atoms with Crippen molar-refractivity contribution in [2.24, 2.45) is 0 Å². The monoisotopic (exact) mass is 302 g/mol. The number of β-amino-alcohol motifs (C(OH)–C–C–N with tert-alkyl or cyclic N) is 1. The van der Waals surface area contributed by atoms with Crippen LogP contribution < -0.4 is 5.32 Å². The van der Waals surface area contributed by atoms with Gasteiger partial charge in [-0.3, -0.25) is 0 Å². The molecule has 0 aliphatic carbocycles. The van der Waals surface area contributed by atoms with Crippen molar-refractivity contribution in [3.8, 4) is 0 Å². The van der Waals surface area contributed by atoms with E-state index in [2.05, 4.69) is 20.2 Å². The van der Waals surface area contributed by atoms with Crippen LogP contribution in [0.3, 0.4) is 0 Å². The molecule has 0 amide bonds. The highest BCUT2D eigenvalue weighted by molar-refractivity contribution is 5.33. The fourth-order valence-corrected chi connectivity index (χ4v) is 2.81. The summed E-state index contributed by atoms with van der Waals surface area (Å²) in [7, 11) is 0. The second-order valence-electron chi connectivity index (χ2n) is 5.78. The number of aryl methyl sites for hydroxylation is 1. The Morgan fingerprint density at radius 2 is 2.18 bits per heavy atom. The molecule has 6 heteroatoms. The van der Waals surface area contributed by atoms with Crippen LogP contribution in [0.15, 0.2) is 35.1 Å². The number of likely N-dealkylation sites (tertiary alicyclic amines) is 1. The fourth-order valence-electron chi connectivity index (χ4n) is 2.81. The summed E-state index contributed by atoms with van der Waals surface area (Å²) in [5.41, 5.74) is 0. The zero-order valence-corrected chi connectivity index (χ0v) is 12.8. The molecule has 0 saturated carbocycles. The molecule has 6 nitrogen and oxygen atoms in total. The highest BCUT2D eigenvalue weighted by Crippen LogP contribution is 2.20. The van der Waals surface area contributed by atoms with Crippen molar-refractivity contribution in [1.29, 1.82) is 0 Å². The predicted octanol–water partition coefficient (Wildman–Crippen LogP) is 1.99. The molecule has 3 heterocycles. The van der Waals surface area contributed by atoms with E-state index < -0.39 is 6.10 Å². The van der Waals surface area contributed by atoms with E-state index in [-0.39, 0.29) is 0 Å². The van der Waals surface area contributed by atoms with Gasteiger partial charge in [0.2, 0.25) is 0 Å². The maximum Gasteiger partial charge on any atom is 0.133 e. The van der Waals surface area contributed by atoms with Gasteiger partial charge in [-0.2, -0.15) is 0 Å². The van der Waals surface area contributed by atoms with E-state index in [1.54, 1.807) is 12.5 Å². The van der Waals surface area contributed by atoms with Gasteiger partial charge in [0.25, 0.3) is 0 Å². The Morgan fingerprint density at radius 1 is 1.36 bits per heavy atom. The van der Waals surface area contributed by atoms with Gasteiger partial charge in [-0.25, -0.2) is 9.97 Å². The zero-order chi connectivity index (χ0) is 15.4. The normalized spacial score (nSPS) is 18.3. The number of aliphatic hydroxyl groups excluding tert-OH is 1. The SMILES string of the molecule is Cc1ccc(C(O)CN2CCC(Nc3ccncn3)CC2)o1. The molecule has 3 rings (SSSR count). The number of hydrogen-bond donors (Lipinski definition) is 2. The van der Waals surface area contributed by atoms with Crippen molar-refractivity contribution in [2.45, 2.75) is 31.9 Å². The van der Waals surface area contributed by atoms with Crippen LogP contribution >= 0.6 is 0 Å². The number of furan rings is 1. The quantitative estimate of drug-likeness (QED) is 0.880. The lowest BCUT2D eigenvalue weighted by Gasteiger charge is -2.33. The summed E-state index contributed by atoms with van der Waals surface area (Å²) >= 11 is 0. The molecule has 118 valence electrons. The first-order chi connectivity index (χ1) is 10.7. The number of anilines is 1. The number of nitrogens with one attached hydrogen (secondary N) is 1. The fraction of sp³-hybridized carbons (Fsp3) is 0.500. The molecule has 2 N–H and O–H groups in total. The molecule has 1 aliphatic heterocycles. The van der Waals surface area contributed by atoms with Crippen LogP contribution in [-0.2, 0) is 0 Å². The van der Waals surface area contributed by atoms with Crippen molar-refractivity contribution in [3.63, 3.8) is 0 Å². The third kappa shape index (κ3) is 3.84.